The zero-order chi connectivity index (χ0) is 21.2. The maximum atomic E-state index is 12.9. The first-order valence-electron chi connectivity index (χ1n) is 10.5. The van der Waals surface area contributed by atoms with Crippen LogP contribution in [0.2, 0.25) is 0 Å². The lowest BCUT2D eigenvalue weighted by Gasteiger charge is -2.32. The van der Waals surface area contributed by atoms with Gasteiger partial charge in [0.1, 0.15) is 17.4 Å². The van der Waals surface area contributed by atoms with E-state index in [1.54, 1.807) is 18.1 Å². The summed E-state index contributed by atoms with van der Waals surface area (Å²) in [6.07, 6.45) is 5.46. The lowest BCUT2D eigenvalue weighted by molar-refractivity contribution is -0.125. The Balaban J connectivity index is 1.31. The van der Waals surface area contributed by atoms with Crippen LogP contribution in [0.25, 0.3) is 22.1 Å². The summed E-state index contributed by atoms with van der Waals surface area (Å²) < 4.78 is 6.09. The van der Waals surface area contributed by atoms with E-state index in [2.05, 4.69) is 50.7 Å². The number of carbonyl (C=O) groups excluding carboxylic acids is 1. The van der Waals surface area contributed by atoms with Crippen molar-refractivity contribution < 1.29 is 9.21 Å². The molecule has 0 unspecified atom stereocenters. The van der Waals surface area contributed by atoms with E-state index in [9.17, 15) is 4.79 Å². The minimum Gasteiger partial charge on any atom is -0.450 e. The van der Waals surface area contributed by atoms with E-state index < -0.39 is 0 Å². The largest absolute Gasteiger partial charge is 0.450 e. The molecule has 31 heavy (non-hydrogen) atoms. The average molecular weight is 433 g/mol. The molecule has 1 fully saturated rings. The first kappa shape index (κ1) is 19.9. The van der Waals surface area contributed by atoms with E-state index >= 15 is 0 Å². The number of hydrogen-bond acceptors (Lipinski definition) is 6. The molecule has 1 saturated heterocycles. The molecule has 1 N–H and O–H groups in total. The number of rotatable bonds is 5. The van der Waals surface area contributed by atoms with Crippen LogP contribution in [-0.2, 0) is 11.3 Å². The molecule has 4 aromatic rings. The number of furan rings is 1. The Morgan fingerprint density at radius 1 is 1.19 bits per heavy atom. The van der Waals surface area contributed by atoms with Gasteiger partial charge in [0, 0.05) is 29.9 Å². The normalized spacial score (nSPS) is 16.7. The molecule has 1 aliphatic rings. The highest BCUT2D eigenvalue weighted by Gasteiger charge is 2.28. The van der Waals surface area contributed by atoms with E-state index in [0.29, 0.717) is 18.7 Å². The SMILES string of the molecule is CSc1ccc(CNC(=O)[C@@H]2CCCN(c3ncnc4c3oc3ccccc34)C2)cc1. The van der Waals surface area contributed by atoms with Gasteiger partial charge in [-0.15, -0.1) is 11.8 Å². The molecular weight excluding hydrogens is 408 g/mol. The van der Waals surface area contributed by atoms with Gasteiger partial charge in [-0.05, 0) is 48.9 Å². The smallest absolute Gasteiger partial charge is 0.225 e. The van der Waals surface area contributed by atoms with Crippen LogP contribution in [0.5, 0.6) is 0 Å². The van der Waals surface area contributed by atoms with Gasteiger partial charge in [0.25, 0.3) is 0 Å². The highest BCUT2D eigenvalue weighted by Crippen LogP contribution is 2.33. The van der Waals surface area contributed by atoms with E-state index in [-0.39, 0.29) is 11.8 Å². The second kappa shape index (κ2) is 8.59. The molecule has 0 aliphatic carbocycles. The molecule has 2 aromatic carbocycles. The summed E-state index contributed by atoms with van der Waals surface area (Å²) in [6, 6.07) is 16.2. The van der Waals surface area contributed by atoms with Crippen molar-refractivity contribution in [1.82, 2.24) is 15.3 Å². The topological polar surface area (TPSA) is 71.3 Å². The van der Waals surface area contributed by atoms with Gasteiger partial charge in [0.05, 0.1) is 5.92 Å². The standard InChI is InChI=1S/C24H24N4O2S/c1-31-18-10-8-16(9-11-18)13-25-24(29)17-5-4-12-28(14-17)23-22-21(26-15-27-23)19-6-2-3-7-20(19)30-22/h2-3,6-11,15,17H,4-5,12-14H2,1H3,(H,25,29)/t17-/m1/s1. The number of para-hydroxylation sites is 1. The summed E-state index contributed by atoms with van der Waals surface area (Å²) in [5.41, 5.74) is 3.43. The predicted octanol–water partition coefficient (Wildman–Crippen LogP) is 4.63. The van der Waals surface area contributed by atoms with Crippen molar-refractivity contribution in [3.8, 4) is 0 Å². The fourth-order valence-corrected chi connectivity index (χ4v) is 4.61. The number of carbonyl (C=O) groups is 1. The number of benzene rings is 2. The number of anilines is 1. The Bertz CT molecular complexity index is 1220. The third-order valence-electron chi connectivity index (χ3n) is 5.86. The van der Waals surface area contributed by atoms with Crippen LogP contribution in [0, 0.1) is 5.92 Å². The molecule has 6 nitrogen and oxygen atoms in total. The molecule has 1 amide bonds. The summed E-state index contributed by atoms with van der Waals surface area (Å²) in [5.74, 6) is 0.786. The Morgan fingerprint density at radius 2 is 2.03 bits per heavy atom. The highest BCUT2D eigenvalue weighted by molar-refractivity contribution is 7.98. The minimum atomic E-state index is -0.0754. The van der Waals surface area contributed by atoms with Crippen LogP contribution in [0.4, 0.5) is 5.82 Å². The van der Waals surface area contributed by atoms with Gasteiger partial charge in [-0.25, -0.2) is 9.97 Å². The highest BCUT2D eigenvalue weighted by atomic mass is 32.2. The molecule has 2 aromatic heterocycles. The summed E-state index contributed by atoms with van der Waals surface area (Å²) in [5, 5.41) is 4.09. The lowest BCUT2D eigenvalue weighted by atomic mass is 9.97. The van der Waals surface area contributed by atoms with Gasteiger partial charge in [0.15, 0.2) is 11.4 Å². The maximum Gasteiger partial charge on any atom is 0.225 e. The third kappa shape index (κ3) is 3.97. The number of aromatic nitrogens is 2. The number of nitrogens with one attached hydrogen (secondary N) is 1. The van der Waals surface area contributed by atoms with Gasteiger partial charge in [-0.2, -0.15) is 0 Å². The van der Waals surface area contributed by atoms with Crippen molar-refractivity contribution in [2.45, 2.75) is 24.3 Å². The molecule has 7 heteroatoms. The van der Waals surface area contributed by atoms with Gasteiger partial charge in [-0.1, -0.05) is 24.3 Å². The van der Waals surface area contributed by atoms with E-state index in [0.717, 1.165) is 47.3 Å². The van der Waals surface area contributed by atoms with Crippen molar-refractivity contribution in [1.29, 1.82) is 0 Å². The number of amides is 1. The molecule has 0 spiro atoms. The molecule has 158 valence electrons. The van der Waals surface area contributed by atoms with Crippen molar-refractivity contribution in [3.63, 3.8) is 0 Å². The number of piperidine rings is 1. The molecule has 3 heterocycles. The van der Waals surface area contributed by atoms with Crippen LogP contribution in [-0.4, -0.2) is 35.2 Å². The summed E-state index contributed by atoms with van der Waals surface area (Å²) in [6.45, 7) is 2.02. The van der Waals surface area contributed by atoms with Crippen LogP contribution < -0.4 is 10.2 Å². The van der Waals surface area contributed by atoms with Gasteiger partial charge >= 0.3 is 0 Å². The first-order chi connectivity index (χ1) is 15.2. The molecule has 0 bridgehead atoms. The van der Waals surface area contributed by atoms with Crippen LogP contribution >= 0.6 is 11.8 Å². The number of hydrogen-bond donors (Lipinski definition) is 1. The predicted molar refractivity (Wildman–Crippen MR) is 124 cm³/mol. The van der Waals surface area contributed by atoms with Crippen LogP contribution in [0.3, 0.4) is 0 Å². The van der Waals surface area contributed by atoms with Crippen molar-refractivity contribution in [2.24, 2.45) is 5.92 Å². The molecule has 1 atom stereocenters. The zero-order valence-corrected chi connectivity index (χ0v) is 18.2. The Hall–Kier alpha value is -3.06. The Morgan fingerprint density at radius 3 is 2.87 bits per heavy atom. The first-order valence-corrected chi connectivity index (χ1v) is 11.7. The van der Waals surface area contributed by atoms with Crippen LogP contribution in [0.1, 0.15) is 18.4 Å². The summed E-state index contributed by atoms with van der Waals surface area (Å²) in [7, 11) is 0. The quantitative estimate of drug-likeness (QED) is 0.464. The Labute approximate surface area is 185 Å². The van der Waals surface area contributed by atoms with Gasteiger partial charge < -0.3 is 14.6 Å². The number of thioether (sulfide) groups is 1. The molecular formula is C24H24N4O2S. The van der Waals surface area contributed by atoms with E-state index in [1.807, 2.05) is 24.3 Å². The fourth-order valence-electron chi connectivity index (χ4n) is 4.20. The van der Waals surface area contributed by atoms with E-state index in [1.165, 1.54) is 4.90 Å². The number of fused-ring (bicyclic) bond motifs is 3. The van der Waals surface area contributed by atoms with Crippen molar-refractivity contribution in [2.75, 3.05) is 24.2 Å². The minimum absolute atomic E-state index is 0.0754. The molecule has 0 saturated carbocycles. The fraction of sp³-hybridized carbons (Fsp3) is 0.292. The van der Waals surface area contributed by atoms with Crippen molar-refractivity contribution in [3.05, 3.63) is 60.4 Å². The lowest BCUT2D eigenvalue weighted by Crippen LogP contribution is -2.43. The average Bonchev–Trinajstić information content (AvgIpc) is 3.22. The monoisotopic (exact) mass is 432 g/mol. The van der Waals surface area contributed by atoms with E-state index in [4.69, 9.17) is 4.42 Å². The van der Waals surface area contributed by atoms with Gasteiger partial charge in [0.2, 0.25) is 5.91 Å². The second-order valence-electron chi connectivity index (χ2n) is 7.82. The maximum absolute atomic E-state index is 12.9. The summed E-state index contributed by atoms with van der Waals surface area (Å²) in [4.78, 5) is 25.2. The third-order valence-corrected chi connectivity index (χ3v) is 6.60. The Kier molecular flexibility index (Phi) is 5.51. The molecule has 5 rings (SSSR count). The molecule has 0 radical (unpaired) electrons. The zero-order valence-electron chi connectivity index (χ0n) is 17.4. The molecule has 1 aliphatic heterocycles. The van der Waals surface area contributed by atoms with Crippen LogP contribution in [0.15, 0.2) is 64.2 Å². The van der Waals surface area contributed by atoms with Crippen molar-refractivity contribution >= 4 is 45.6 Å². The summed E-state index contributed by atoms with van der Waals surface area (Å²) >= 11 is 1.71. The number of nitrogens with zero attached hydrogens (tertiary/aromatic N) is 3. The second-order valence-corrected chi connectivity index (χ2v) is 8.70. The van der Waals surface area contributed by atoms with Gasteiger partial charge in [-0.3, -0.25) is 4.79 Å².